The monoisotopic (exact) mass is 316 g/mol. The third kappa shape index (κ3) is 3.65. The van der Waals surface area contributed by atoms with E-state index in [9.17, 15) is 8.42 Å². The molecule has 0 saturated heterocycles. The van der Waals surface area contributed by atoms with Crippen molar-refractivity contribution < 1.29 is 8.42 Å². The summed E-state index contributed by atoms with van der Waals surface area (Å²) in [7, 11) is -3.51. The quantitative estimate of drug-likeness (QED) is 0.820. The van der Waals surface area contributed by atoms with Crippen LogP contribution in [0.2, 0.25) is 5.02 Å². The summed E-state index contributed by atoms with van der Waals surface area (Å²) >= 11 is 5.89. The Labute approximate surface area is 125 Å². The minimum atomic E-state index is -3.51. The van der Waals surface area contributed by atoms with Gasteiger partial charge >= 0.3 is 0 Å². The summed E-state index contributed by atoms with van der Waals surface area (Å²) in [5.41, 5.74) is 6.58. The zero-order valence-electron chi connectivity index (χ0n) is 11.7. The molecule has 20 heavy (non-hydrogen) atoms. The fourth-order valence-corrected chi connectivity index (χ4v) is 4.26. The van der Waals surface area contributed by atoms with Crippen molar-refractivity contribution in [2.75, 3.05) is 12.3 Å². The highest BCUT2D eigenvalue weighted by atomic mass is 35.5. The van der Waals surface area contributed by atoms with Crippen LogP contribution in [0.15, 0.2) is 17.0 Å². The Morgan fingerprint density at radius 1 is 1.35 bits per heavy atom. The van der Waals surface area contributed by atoms with Gasteiger partial charge in [-0.15, -0.1) is 0 Å². The topological polar surface area (TPSA) is 72.2 Å². The molecule has 1 aromatic carbocycles. The largest absolute Gasteiger partial charge is 0.397 e. The van der Waals surface area contributed by atoms with Gasteiger partial charge < -0.3 is 5.73 Å². The highest BCUT2D eigenvalue weighted by molar-refractivity contribution is 7.89. The Kier molecular flexibility index (Phi) is 4.94. The van der Waals surface area contributed by atoms with Crippen LogP contribution < -0.4 is 10.5 Å². The maximum absolute atomic E-state index is 12.3. The minimum Gasteiger partial charge on any atom is -0.397 e. The molecular formula is C14H21ClN2O2S. The molecular weight excluding hydrogens is 296 g/mol. The molecule has 4 nitrogen and oxygen atoms in total. The number of nitrogen functional groups attached to an aromatic ring is 1. The first-order valence-corrected chi connectivity index (χ1v) is 8.81. The van der Waals surface area contributed by atoms with Gasteiger partial charge in [0, 0.05) is 6.54 Å². The van der Waals surface area contributed by atoms with Gasteiger partial charge in [0.25, 0.3) is 0 Å². The molecule has 0 atom stereocenters. The van der Waals surface area contributed by atoms with Crippen LogP contribution in [0.3, 0.4) is 0 Å². The summed E-state index contributed by atoms with van der Waals surface area (Å²) in [6, 6.07) is 3.01. The smallest absolute Gasteiger partial charge is 0.240 e. The Morgan fingerprint density at radius 3 is 2.65 bits per heavy atom. The van der Waals surface area contributed by atoms with E-state index < -0.39 is 10.0 Å². The first-order chi connectivity index (χ1) is 9.40. The van der Waals surface area contributed by atoms with Crippen LogP contribution in [0, 0.1) is 12.8 Å². The van der Waals surface area contributed by atoms with E-state index in [0.29, 0.717) is 23.0 Å². The van der Waals surface area contributed by atoms with Crippen LogP contribution in [0.5, 0.6) is 0 Å². The van der Waals surface area contributed by atoms with Gasteiger partial charge in [0.2, 0.25) is 10.0 Å². The second-order valence-electron chi connectivity index (χ2n) is 5.48. The molecule has 0 aliphatic heterocycles. The lowest BCUT2D eigenvalue weighted by molar-refractivity contribution is 0.495. The molecule has 0 bridgehead atoms. The average Bonchev–Trinajstić information content (AvgIpc) is 2.86. The van der Waals surface area contributed by atoms with E-state index in [4.69, 9.17) is 17.3 Å². The lowest BCUT2D eigenvalue weighted by atomic mass is 10.1. The third-order valence-corrected chi connectivity index (χ3v) is 5.83. The van der Waals surface area contributed by atoms with Crippen LogP contribution in [0.4, 0.5) is 5.69 Å². The summed E-state index contributed by atoms with van der Waals surface area (Å²) in [4.78, 5) is 0.214. The van der Waals surface area contributed by atoms with Gasteiger partial charge in [-0.3, -0.25) is 0 Å². The third-order valence-electron chi connectivity index (χ3n) is 3.90. The molecule has 0 radical (unpaired) electrons. The van der Waals surface area contributed by atoms with Crippen LogP contribution in [-0.4, -0.2) is 15.0 Å². The zero-order chi connectivity index (χ0) is 14.8. The number of sulfonamides is 1. The number of nitrogens with two attached hydrogens (primary N) is 1. The maximum Gasteiger partial charge on any atom is 0.240 e. The van der Waals surface area contributed by atoms with E-state index in [1.54, 1.807) is 13.0 Å². The zero-order valence-corrected chi connectivity index (χ0v) is 13.2. The van der Waals surface area contributed by atoms with Crippen molar-refractivity contribution in [2.24, 2.45) is 5.92 Å². The Hall–Kier alpha value is -0.780. The Morgan fingerprint density at radius 2 is 2.00 bits per heavy atom. The number of rotatable bonds is 5. The minimum absolute atomic E-state index is 0.214. The molecule has 1 aliphatic rings. The molecule has 112 valence electrons. The molecule has 1 saturated carbocycles. The molecule has 1 aliphatic carbocycles. The van der Waals surface area contributed by atoms with Crippen LogP contribution >= 0.6 is 11.6 Å². The van der Waals surface area contributed by atoms with E-state index in [-0.39, 0.29) is 10.6 Å². The predicted molar refractivity (Wildman–Crippen MR) is 82.4 cm³/mol. The Bertz CT molecular complexity index is 581. The van der Waals surface area contributed by atoms with Gasteiger partial charge in [0.1, 0.15) is 0 Å². The lowest BCUT2D eigenvalue weighted by Gasteiger charge is -2.13. The molecule has 0 spiro atoms. The van der Waals surface area contributed by atoms with Crippen molar-refractivity contribution in [3.05, 3.63) is 22.7 Å². The molecule has 6 heteroatoms. The first kappa shape index (κ1) is 15.6. The highest BCUT2D eigenvalue weighted by Crippen LogP contribution is 2.28. The summed E-state index contributed by atoms with van der Waals surface area (Å²) in [5.74, 6) is 0.661. The van der Waals surface area contributed by atoms with E-state index >= 15 is 0 Å². The molecule has 0 heterocycles. The van der Waals surface area contributed by atoms with Crippen molar-refractivity contribution in [3.63, 3.8) is 0 Å². The average molecular weight is 317 g/mol. The number of hydrogen-bond donors (Lipinski definition) is 2. The Balaban J connectivity index is 2.04. The van der Waals surface area contributed by atoms with E-state index in [1.165, 1.54) is 31.7 Å². The summed E-state index contributed by atoms with van der Waals surface area (Å²) in [5, 5.41) is 0.382. The molecule has 0 aromatic heterocycles. The van der Waals surface area contributed by atoms with Crippen molar-refractivity contribution in [1.29, 1.82) is 0 Å². The summed E-state index contributed by atoms with van der Waals surface area (Å²) in [6.07, 6.45) is 5.87. The van der Waals surface area contributed by atoms with Gasteiger partial charge in [-0.1, -0.05) is 37.3 Å². The van der Waals surface area contributed by atoms with E-state index in [1.807, 2.05) is 0 Å². The van der Waals surface area contributed by atoms with E-state index in [2.05, 4.69) is 4.72 Å². The lowest BCUT2D eigenvalue weighted by Crippen LogP contribution is -2.26. The van der Waals surface area contributed by atoms with Gasteiger partial charge in [-0.2, -0.15) is 0 Å². The van der Waals surface area contributed by atoms with Crippen LogP contribution in [0.25, 0.3) is 0 Å². The molecule has 3 N–H and O–H groups in total. The number of anilines is 1. The fourth-order valence-electron chi connectivity index (χ4n) is 2.73. The van der Waals surface area contributed by atoms with Crippen molar-refractivity contribution in [1.82, 2.24) is 4.72 Å². The molecule has 2 rings (SSSR count). The number of benzene rings is 1. The SMILES string of the molecule is Cc1cc(Cl)c(N)cc1S(=O)(=O)NCCC1CCCC1. The fraction of sp³-hybridized carbons (Fsp3) is 0.571. The van der Waals surface area contributed by atoms with Gasteiger partial charge in [0.05, 0.1) is 15.6 Å². The number of aryl methyl sites for hydroxylation is 1. The van der Waals surface area contributed by atoms with Crippen molar-refractivity contribution in [3.8, 4) is 0 Å². The molecule has 1 fully saturated rings. The highest BCUT2D eigenvalue weighted by Gasteiger charge is 2.20. The molecule has 1 aromatic rings. The van der Waals surface area contributed by atoms with Gasteiger partial charge in [-0.05, 0) is 37.0 Å². The van der Waals surface area contributed by atoms with Crippen molar-refractivity contribution >= 4 is 27.3 Å². The second kappa shape index (κ2) is 6.33. The van der Waals surface area contributed by atoms with E-state index in [0.717, 1.165) is 6.42 Å². The second-order valence-corrected chi connectivity index (χ2v) is 7.62. The number of hydrogen-bond acceptors (Lipinski definition) is 3. The standard InChI is InChI=1S/C14H21ClN2O2S/c1-10-8-12(15)13(16)9-14(10)20(18,19)17-7-6-11-4-2-3-5-11/h8-9,11,17H,2-7,16H2,1H3. The van der Waals surface area contributed by atoms with Crippen LogP contribution in [0.1, 0.15) is 37.7 Å². The summed E-state index contributed by atoms with van der Waals surface area (Å²) < 4.78 is 27.2. The summed E-state index contributed by atoms with van der Waals surface area (Å²) in [6.45, 7) is 2.20. The normalized spacial score (nSPS) is 16.7. The van der Waals surface area contributed by atoms with Crippen molar-refractivity contribution in [2.45, 2.75) is 43.9 Å². The molecule has 0 amide bonds. The predicted octanol–water partition coefficient (Wildman–Crippen LogP) is 3.09. The van der Waals surface area contributed by atoms with Crippen LogP contribution in [-0.2, 0) is 10.0 Å². The number of halogens is 1. The van der Waals surface area contributed by atoms with Gasteiger partial charge in [-0.25, -0.2) is 13.1 Å². The maximum atomic E-state index is 12.3. The molecule has 0 unspecified atom stereocenters. The number of nitrogens with one attached hydrogen (secondary N) is 1. The first-order valence-electron chi connectivity index (χ1n) is 6.95. The van der Waals surface area contributed by atoms with Gasteiger partial charge in [0.15, 0.2) is 0 Å².